The summed E-state index contributed by atoms with van der Waals surface area (Å²) in [5.41, 5.74) is -2.63. The van der Waals surface area contributed by atoms with Gasteiger partial charge in [0.05, 0.1) is 46.5 Å². The van der Waals surface area contributed by atoms with Crippen LogP contribution in [0.4, 0.5) is 19.0 Å². The second kappa shape index (κ2) is 23.1. The molecule has 0 bridgehead atoms. The number of nitrogens with one attached hydrogen (secondary N) is 2. The molecule has 358 valence electrons. The van der Waals surface area contributed by atoms with E-state index in [0.717, 1.165) is 4.57 Å². The Kier molecular flexibility index (Phi) is 18.1. The molecule has 19 heteroatoms. The number of aromatic nitrogens is 2. The Morgan fingerprint density at radius 1 is 0.909 bits per heavy atom. The Balaban J connectivity index is 1.80. The Bertz CT molecular complexity index is 2210. The van der Waals surface area contributed by atoms with Gasteiger partial charge in [-0.1, -0.05) is 68.4 Å². The van der Waals surface area contributed by atoms with Gasteiger partial charge in [-0.25, -0.2) is 9.46 Å². The molecule has 0 saturated carbocycles. The number of carbonyl (C=O) groups is 1. The van der Waals surface area contributed by atoms with Crippen LogP contribution in [0.5, 0.6) is 11.5 Å². The summed E-state index contributed by atoms with van der Waals surface area (Å²) < 4.78 is 90.4. The molecular formula is C47H60F3N6O9P. The van der Waals surface area contributed by atoms with Crippen molar-refractivity contribution in [2.24, 2.45) is 5.92 Å². The second-order valence-corrected chi connectivity index (χ2v) is 18.0. The first-order valence-electron chi connectivity index (χ1n) is 21.6. The summed E-state index contributed by atoms with van der Waals surface area (Å²) in [5.74, 6) is -0.624. The van der Waals surface area contributed by atoms with Crippen molar-refractivity contribution in [3.05, 3.63) is 118 Å². The van der Waals surface area contributed by atoms with Crippen LogP contribution >= 0.6 is 8.53 Å². The van der Waals surface area contributed by atoms with Crippen LogP contribution in [0.2, 0.25) is 0 Å². The minimum Gasteiger partial charge on any atom is -0.497 e. The molecular weight excluding hydrogens is 881 g/mol. The molecule has 0 radical (unpaired) electrons. The lowest BCUT2D eigenvalue weighted by atomic mass is 9.79. The average Bonchev–Trinajstić information content (AvgIpc) is 3.59. The molecule has 3 aromatic carbocycles. The van der Waals surface area contributed by atoms with Crippen LogP contribution in [0, 0.1) is 17.2 Å². The zero-order chi connectivity index (χ0) is 48.2. The number of hydrogen-bond acceptors (Lipinski definition) is 13. The number of carbonyl (C=O) groups excluding carboxylic acids is 1. The lowest BCUT2D eigenvalue weighted by Crippen LogP contribution is -2.58. The van der Waals surface area contributed by atoms with Crippen LogP contribution in [0.1, 0.15) is 70.9 Å². The molecule has 1 aromatic heterocycles. The fourth-order valence-electron chi connectivity index (χ4n) is 7.78. The first-order valence-corrected chi connectivity index (χ1v) is 22.7. The number of nitrogens with zero attached hydrogens (tertiary/aromatic N) is 4. The van der Waals surface area contributed by atoms with Crippen molar-refractivity contribution >= 4 is 20.3 Å². The quantitative estimate of drug-likeness (QED) is 0.0418. The number of methoxy groups -OCH3 is 3. The molecule has 2 N–H and O–H groups in total. The van der Waals surface area contributed by atoms with E-state index in [9.17, 15) is 28.0 Å². The number of amides is 1. The van der Waals surface area contributed by atoms with Gasteiger partial charge in [0.15, 0.2) is 6.23 Å². The maximum absolute atomic E-state index is 14.2. The lowest BCUT2D eigenvalue weighted by Gasteiger charge is -2.43. The van der Waals surface area contributed by atoms with Crippen molar-refractivity contribution in [2.75, 3.05) is 52.9 Å². The van der Waals surface area contributed by atoms with E-state index in [-0.39, 0.29) is 31.0 Å². The summed E-state index contributed by atoms with van der Waals surface area (Å²) in [6.45, 7) is 10.7. The van der Waals surface area contributed by atoms with E-state index in [2.05, 4.69) is 16.4 Å². The van der Waals surface area contributed by atoms with Crippen LogP contribution < -0.4 is 25.8 Å². The Morgan fingerprint density at radius 2 is 1.48 bits per heavy atom. The molecule has 66 heavy (non-hydrogen) atoms. The van der Waals surface area contributed by atoms with Crippen molar-refractivity contribution < 1.29 is 50.7 Å². The molecule has 5 atom stereocenters. The summed E-state index contributed by atoms with van der Waals surface area (Å²) in [7, 11) is 2.25. The third-order valence-electron chi connectivity index (χ3n) is 10.9. The Labute approximate surface area is 385 Å². The predicted octanol–water partition coefficient (Wildman–Crippen LogP) is 7.96. The molecule has 1 saturated heterocycles. The van der Waals surface area contributed by atoms with Crippen molar-refractivity contribution in [1.29, 1.82) is 5.26 Å². The van der Waals surface area contributed by atoms with Crippen molar-refractivity contribution in [2.45, 2.75) is 95.9 Å². The number of ether oxygens (including phenoxy) is 5. The van der Waals surface area contributed by atoms with Gasteiger partial charge in [0.1, 0.15) is 40.7 Å². The molecule has 1 unspecified atom stereocenters. The van der Waals surface area contributed by atoms with E-state index in [0.29, 0.717) is 40.6 Å². The normalized spacial score (nSPS) is 19.3. The lowest BCUT2D eigenvalue weighted by molar-refractivity contribution is -0.180. The standard InChI is InChI=1S/C47H60F3N6O9P/c1-31(2)28-52-39-24-26-55(44(58)54-39)42-40(61-9)41(65-66(63-27-13-25-51)56(32(3)4)33(5)6)45(64-42,29-53-43(57)47(48,49)50)30-62-46(34-14-11-10-12-15-34,35-16-20-37(59-7)21-17-35)36-18-22-38(60-8)23-19-36/h10-12,14-24,26,31-33,40-42H,13,27-30H2,1-9H3,(H,53,57)(H,52,54,58)/t40-,41+,42-,45-,66?/m1/s1. The molecule has 0 aliphatic carbocycles. The van der Waals surface area contributed by atoms with Gasteiger partial charge >= 0.3 is 17.8 Å². The van der Waals surface area contributed by atoms with Gasteiger partial charge in [0.2, 0.25) is 0 Å². The van der Waals surface area contributed by atoms with Crippen LogP contribution in [0.15, 0.2) is 95.9 Å². The summed E-state index contributed by atoms with van der Waals surface area (Å²) in [4.78, 5) is 31.1. The highest BCUT2D eigenvalue weighted by molar-refractivity contribution is 7.44. The monoisotopic (exact) mass is 940 g/mol. The molecule has 4 aromatic rings. The highest BCUT2D eigenvalue weighted by atomic mass is 31.2. The summed E-state index contributed by atoms with van der Waals surface area (Å²) in [5, 5.41) is 14.7. The Morgan fingerprint density at radius 3 is 1.97 bits per heavy atom. The molecule has 0 spiro atoms. The first-order chi connectivity index (χ1) is 31.4. The number of benzene rings is 3. The molecule has 1 aliphatic heterocycles. The molecule has 15 nitrogen and oxygen atoms in total. The number of alkyl halides is 3. The third kappa shape index (κ3) is 12.1. The number of rotatable bonds is 23. The van der Waals surface area contributed by atoms with Gasteiger partial charge in [-0.15, -0.1) is 0 Å². The maximum Gasteiger partial charge on any atom is 0.471 e. The maximum atomic E-state index is 14.2. The molecule has 1 aliphatic rings. The van der Waals surface area contributed by atoms with Crippen LogP contribution in [0.25, 0.3) is 0 Å². The predicted molar refractivity (Wildman–Crippen MR) is 243 cm³/mol. The smallest absolute Gasteiger partial charge is 0.471 e. The highest BCUT2D eigenvalue weighted by Gasteiger charge is 2.61. The summed E-state index contributed by atoms with van der Waals surface area (Å²) in [6, 6.07) is 26.7. The van der Waals surface area contributed by atoms with E-state index in [4.69, 9.17) is 32.7 Å². The minimum atomic E-state index is -5.30. The van der Waals surface area contributed by atoms with Gasteiger partial charge in [0.25, 0.3) is 8.53 Å². The molecule has 2 heterocycles. The number of hydrogen-bond donors (Lipinski definition) is 2. The second-order valence-electron chi connectivity index (χ2n) is 16.6. The van der Waals surface area contributed by atoms with Crippen molar-refractivity contribution in [1.82, 2.24) is 19.5 Å². The van der Waals surface area contributed by atoms with Crippen molar-refractivity contribution in [3.63, 3.8) is 0 Å². The average molecular weight is 941 g/mol. The molecule has 5 rings (SSSR count). The van der Waals surface area contributed by atoms with Crippen LogP contribution in [-0.4, -0.2) is 104 Å². The van der Waals surface area contributed by atoms with Crippen LogP contribution in [-0.2, 0) is 33.7 Å². The zero-order valence-corrected chi connectivity index (χ0v) is 39.6. The largest absolute Gasteiger partial charge is 0.497 e. The van der Waals surface area contributed by atoms with E-state index >= 15 is 0 Å². The molecule has 1 amide bonds. The van der Waals surface area contributed by atoms with Gasteiger partial charge in [-0.2, -0.15) is 23.4 Å². The molecule has 1 fully saturated rings. The van der Waals surface area contributed by atoms with Crippen molar-refractivity contribution in [3.8, 4) is 17.6 Å². The number of anilines is 1. The van der Waals surface area contributed by atoms with Crippen LogP contribution in [0.3, 0.4) is 0 Å². The first kappa shape index (κ1) is 51.9. The van der Waals surface area contributed by atoms with E-state index in [1.54, 1.807) is 30.3 Å². The van der Waals surface area contributed by atoms with Gasteiger partial charge < -0.3 is 43.4 Å². The fraction of sp³-hybridized carbons (Fsp3) is 0.489. The number of halogens is 3. The van der Waals surface area contributed by atoms with E-state index < -0.39 is 69.1 Å². The van der Waals surface area contributed by atoms with Gasteiger partial charge in [0, 0.05) is 31.9 Å². The van der Waals surface area contributed by atoms with E-state index in [1.807, 2.05) is 106 Å². The minimum absolute atomic E-state index is 0.00118. The SMILES string of the molecule is COc1ccc(C(OC[C@@]2(CNC(=O)C(F)(F)F)O[C@@H](n3ccc(NCC(C)C)nc3=O)[C@H](OC)[C@@H]2OP(OCCC#N)N(C(C)C)C(C)C)(c2ccccc2)c2ccc(OC)cc2)cc1. The van der Waals surface area contributed by atoms with E-state index in [1.165, 1.54) is 27.5 Å². The van der Waals surface area contributed by atoms with Gasteiger partial charge in [-0.05, 0) is 80.6 Å². The topological polar surface area (TPSA) is 168 Å². The van der Waals surface area contributed by atoms with Gasteiger partial charge in [-0.3, -0.25) is 9.36 Å². The summed E-state index contributed by atoms with van der Waals surface area (Å²) in [6.07, 6.45) is -7.98. The zero-order valence-electron chi connectivity index (χ0n) is 38.7. The Hall–Kier alpha value is -5.12. The third-order valence-corrected chi connectivity index (χ3v) is 13.0. The summed E-state index contributed by atoms with van der Waals surface area (Å²) >= 11 is 0. The highest BCUT2D eigenvalue weighted by Crippen LogP contribution is 2.54. The number of nitriles is 1. The fourth-order valence-corrected chi connectivity index (χ4v) is 9.60.